The third-order valence-electron chi connectivity index (χ3n) is 16.2. The molecule has 2 spiro atoms. The molecule has 0 unspecified atom stereocenters. The van der Waals surface area contributed by atoms with Gasteiger partial charge < -0.3 is 15.2 Å². The van der Waals surface area contributed by atoms with Crippen molar-refractivity contribution in [2.45, 2.75) is 129 Å². The van der Waals surface area contributed by atoms with Gasteiger partial charge in [-0.25, -0.2) is 18.1 Å². The van der Waals surface area contributed by atoms with Crippen LogP contribution in [0.3, 0.4) is 0 Å². The number of nitrogens with one attached hydrogen (secondary N) is 3. The zero-order valence-electron chi connectivity index (χ0n) is 36.1. The number of Topliss-reactive ketones (excluding diaryl/α,β-unsaturated/α-hetero) is 2. The van der Waals surface area contributed by atoms with E-state index in [2.05, 4.69) is 45.4 Å². The highest BCUT2D eigenvalue weighted by molar-refractivity contribution is 7.90. The maximum Gasteiger partial charge on any atom is 0.272 e. The summed E-state index contributed by atoms with van der Waals surface area (Å²) < 4.78 is 29.8. The zero-order chi connectivity index (χ0) is 43.8. The topological polar surface area (TPSA) is 188 Å². The number of H-pyrrole nitrogens is 1. The summed E-state index contributed by atoms with van der Waals surface area (Å²) in [6, 6.07) is 4.87. The molecule has 3 heterocycles. The van der Waals surface area contributed by atoms with E-state index in [4.69, 9.17) is 0 Å². The first kappa shape index (κ1) is 42.9. The van der Waals surface area contributed by atoms with E-state index >= 15 is 4.79 Å². The van der Waals surface area contributed by atoms with E-state index < -0.39 is 56.6 Å². The molecule has 1 saturated heterocycles. The van der Waals surface area contributed by atoms with Crippen molar-refractivity contribution in [3.8, 4) is 0 Å². The highest BCUT2D eigenvalue weighted by atomic mass is 32.2. The Bertz CT molecular complexity index is 2380. The van der Waals surface area contributed by atoms with Crippen molar-refractivity contribution in [3.05, 3.63) is 67.4 Å². The Morgan fingerprint density at radius 2 is 1.74 bits per heavy atom. The fraction of sp³-hybridized carbons (Fsp3) is 0.596. The second kappa shape index (κ2) is 15.3. The molecule has 1 aliphatic heterocycles. The quantitative estimate of drug-likeness (QED) is 0.148. The highest BCUT2D eigenvalue weighted by Crippen LogP contribution is 2.88. The number of rotatable bonds is 14. The van der Waals surface area contributed by atoms with Gasteiger partial charge in [-0.05, 0) is 78.7 Å². The number of likely N-dealkylation sites (tertiary alicyclic amines) is 1. The number of nitrogens with zero attached hydrogens (tertiary/aromatic N) is 3. The predicted molar refractivity (Wildman–Crippen MR) is 229 cm³/mol. The molecule has 13 nitrogen and oxygen atoms in total. The Kier molecular flexibility index (Phi) is 10.8. The number of para-hydroxylation sites is 1. The highest BCUT2D eigenvalue weighted by Gasteiger charge is 2.85. The first-order chi connectivity index (χ1) is 28.8. The number of fused-ring (bicyclic) bond motifs is 2. The summed E-state index contributed by atoms with van der Waals surface area (Å²) >= 11 is 0. The van der Waals surface area contributed by atoms with Crippen molar-refractivity contribution in [1.29, 1.82) is 0 Å². The van der Waals surface area contributed by atoms with Crippen LogP contribution in [-0.2, 0) is 29.2 Å². The number of carbonyl (C=O) groups excluding carboxylic acids is 5. The van der Waals surface area contributed by atoms with Gasteiger partial charge in [0.1, 0.15) is 10.6 Å². The number of carbonyl (C=O) groups is 5. The summed E-state index contributed by atoms with van der Waals surface area (Å²) in [5, 5.41) is 3.66. The number of hydrogen-bond acceptors (Lipinski definition) is 9. The van der Waals surface area contributed by atoms with Gasteiger partial charge in [0, 0.05) is 54.7 Å². The predicted octanol–water partition coefficient (Wildman–Crippen LogP) is 6.71. The van der Waals surface area contributed by atoms with Crippen LogP contribution >= 0.6 is 0 Å². The molecule has 6 atom stereocenters. The summed E-state index contributed by atoms with van der Waals surface area (Å²) in [4.78, 5) is 85.3. The van der Waals surface area contributed by atoms with Gasteiger partial charge in [0.2, 0.25) is 11.8 Å². The number of benzene rings is 1. The average Bonchev–Trinajstić information content (AvgIpc) is 3.72. The molecular formula is C47H60N6O7S. The van der Waals surface area contributed by atoms with Gasteiger partial charge in [0.25, 0.3) is 15.9 Å². The number of sulfonamides is 1. The molecule has 5 fully saturated rings. The van der Waals surface area contributed by atoms with Crippen molar-refractivity contribution in [3.63, 3.8) is 0 Å². The van der Waals surface area contributed by atoms with Crippen LogP contribution in [0, 0.1) is 44.8 Å². The Hall–Kier alpha value is -4.72. The molecule has 326 valence electrons. The third kappa shape index (κ3) is 7.04. The first-order valence-corrected chi connectivity index (χ1v) is 23.5. The van der Waals surface area contributed by atoms with Crippen molar-refractivity contribution in [2.24, 2.45) is 44.8 Å². The molecule has 61 heavy (non-hydrogen) atoms. The Labute approximate surface area is 358 Å². The minimum Gasteiger partial charge on any atom is -0.360 e. The van der Waals surface area contributed by atoms with Crippen LogP contribution < -0.4 is 10.0 Å². The van der Waals surface area contributed by atoms with E-state index in [0.717, 1.165) is 51.4 Å². The smallest absolute Gasteiger partial charge is 0.272 e. The SMILES string of the molecule is C=C[C@@H]1C[C@]1(CC(=O)[C@@H]1C[C@@]2(CN1C(=O)[C@@H](CC(=O)[C@@H](NC(=O)c1cnccn1)C1CCCCC1)C(C)(C)C)C(C)(C)C21CCC1)C(=O)NS(=O)(=O)c1cccc2cc[nH]c12. The van der Waals surface area contributed by atoms with Crippen LogP contribution in [0.1, 0.15) is 122 Å². The molecule has 4 aliphatic carbocycles. The summed E-state index contributed by atoms with van der Waals surface area (Å²) in [6.45, 7) is 14.5. The molecule has 3 N–H and O–H groups in total. The third-order valence-corrected chi connectivity index (χ3v) is 17.6. The minimum absolute atomic E-state index is 0.0114. The summed E-state index contributed by atoms with van der Waals surface area (Å²) in [5.74, 6) is -3.40. The van der Waals surface area contributed by atoms with E-state index in [0.29, 0.717) is 23.9 Å². The molecule has 14 heteroatoms. The largest absolute Gasteiger partial charge is 0.360 e. The second-order valence-corrected chi connectivity index (χ2v) is 22.0. The minimum atomic E-state index is -4.33. The molecule has 5 aliphatic rings. The lowest BCUT2D eigenvalue weighted by Gasteiger charge is -2.37. The molecule has 0 bridgehead atoms. The fourth-order valence-corrected chi connectivity index (χ4v) is 13.4. The van der Waals surface area contributed by atoms with E-state index in [1.807, 2.05) is 20.8 Å². The summed E-state index contributed by atoms with van der Waals surface area (Å²) in [5.41, 5.74) is -2.03. The first-order valence-electron chi connectivity index (χ1n) is 22.0. The number of allylic oxidation sites excluding steroid dienone is 1. The van der Waals surface area contributed by atoms with Gasteiger partial charge in [-0.2, -0.15) is 0 Å². The number of hydrogen-bond donors (Lipinski definition) is 3. The van der Waals surface area contributed by atoms with Crippen LogP contribution in [-0.4, -0.2) is 76.2 Å². The van der Waals surface area contributed by atoms with Gasteiger partial charge in [-0.1, -0.05) is 78.5 Å². The molecule has 1 aromatic carbocycles. The Morgan fingerprint density at radius 3 is 2.34 bits per heavy atom. The van der Waals surface area contributed by atoms with Crippen LogP contribution in [0.25, 0.3) is 10.9 Å². The van der Waals surface area contributed by atoms with E-state index in [-0.39, 0.29) is 69.5 Å². The van der Waals surface area contributed by atoms with Crippen LogP contribution in [0.2, 0.25) is 0 Å². The fourth-order valence-electron chi connectivity index (χ4n) is 12.1. The standard InChI is InChI=1S/C47H60N6O7S/c1-7-31-24-45(31,42(58)52-61(59,60)37-16-11-15-30-17-20-50-39(30)37)26-36(55)34-25-47(44(5,6)46(47)18-12-19-46)28-53(34)41(57)32(43(2,3)4)23-35(54)38(29-13-9-8-10-14-29)51-40(56)33-27-48-21-22-49-33/h7,11,15-17,20-22,27,29,31-32,34,38,50H,1,8-10,12-14,18-19,23-26,28H2,2-6H3,(H,51,56)(H,52,58)/t31-,32-,34+,38+,45-,47-/m1/s1. The average molecular weight is 853 g/mol. The van der Waals surface area contributed by atoms with Crippen molar-refractivity contribution in [1.82, 2.24) is 29.9 Å². The van der Waals surface area contributed by atoms with Gasteiger partial charge in [-0.3, -0.25) is 29.0 Å². The van der Waals surface area contributed by atoms with Gasteiger partial charge >= 0.3 is 0 Å². The summed E-state index contributed by atoms with van der Waals surface area (Å²) in [6.07, 6.45) is 15.4. The van der Waals surface area contributed by atoms with Crippen LogP contribution in [0.15, 0.2) is 66.6 Å². The number of aromatic nitrogens is 3. The lowest BCUT2D eigenvalue weighted by molar-refractivity contribution is -0.146. The van der Waals surface area contributed by atoms with E-state index in [1.54, 1.807) is 35.4 Å². The lowest BCUT2D eigenvalue weighted by atomic mass is 9.73. The second-order valence-electron chi connectivity index (χ2n) is 20.3. The maximum atomic E-state index is 15.3. The molecule has 2 aromatic heterocycles. The number of amides is 3. The van der Waals surface area contributed by atoms with Crippen LogP contribution in [0.5, 0.6) is 0 Å². The van der Waals surface area contributed by atoms with Crippen molar-refractivity contribution >= 4 is 50.2 Å². The molecule has 8 rings (SSSR count). The Morgan fingerprint density at radius 1 is 1.00 bits per heavy atom. The molecule has 0 radical (unpaired) electrons. The monoisotopic (exact) mass is 852 g/mol. The zero-order valence-corrected chi connectivity index (χ0v) is 36.9. The molecule has 3 amide bonds. The van der Waals surface area contributed by atoms with Crippen molar-refractivity contribution in [2.75, 3.05) is 6.54 Å². The van der Waals surface area contributed by atoms with Crippen molar-refractivity contribution < 1.29 is 32.4 Å². The molecule has 4 saturated carbocycles. The van der Waals surface area contributed by atoms with E-state index in [1.165, 1.54) is 24.7 Å². The molecular weight excluding hydrogens is 793 g/mol. The van der Waals surface area contributed by atoms with Gasteiger partial charge in [0.15, 0.2) is 11.6 Å². The number of aromatic amines is 1. The lowest BCUT2D eigenvalue weighted by Crippen LogP contribution is -2.51. The maximum absolute atomic E-state index is 15.3. The summed E-state index contributed by atoms with van der Waals surface area (Å²) in [7, 11) is -4.33. The van der Waals surface area contributed by atoms with E-state index in [9.17, 15) is 27.6 Å². The van der Waals surface area contributed by atoms with Gasteiger partial charge in [0.05, 0.1) is 29.2 Å². The molecule has 3 aromatic rings. The number of ketones is 2. The normalized spacial score (nSPS) is 27.5. The van der Waals surface area contributed by atoms with Gasteiger partial charge in [-0.15, -0.1) is 6.58 Å². The van der Waals surface area contributed by atoms with Crippen LogP contribution in [0.4, 0.5) is 0 Å². The Balaban J connectivity index is 1.07.